The van der Waals surface area contributed by atoms with Crippen LogP contribution in [0.1, 0.15) is 15.9 Å². The van der Waals surface area contributed by atoms with E-state index in [9.17, 15) is 9.18 Å². The fourth-order valence-corrected chi connectivity index (χ4v) is 2.41. The van der Waals surface area contributed by atoms with E-state index in [0.717, 1.165) is 5.69 Å². The van der Waals surface area contributed by atoms with Gasteiger partial charge in [-0.3, -0.25) is 4.79 Å². The number of rotatable bonds is 4. The molecule has 0 saturated carbocycles. The highest BCUT2D eigenvalue weighted by Crippen LogP contribution is 2.23. The minimum atomic E-state index is -0.371. The molecule has 1 aromatic heterocycles. The van der Waals surface area contributed by atoms with Gasteiger partial charge in [0.15, 0.2) is 5.78 Å². The van der Waals surface area contributed by atoms with E-state index in [2.05, 4.69) is 4.98 Å². The van der Waals surface area contributed by atoms with Crippen LogP contribution in [0.2, 0.25) is 5.02 Å². The van der Waals surface area contributed by atoms with E-state index in [1.807, 2.05) is 24.1 Å². The quantitative estimate of drug-likeness (QED) is 0.635. The molecule has 0 unspecified atom stereocenters. The number of hydrogen-bond acceptors (Lipinski definition) is 3. The van der Waals surface area contributed by atoms with Crippen LogP contribution >= 0.6 is 11.6 Å². The van der Waals surface area contributed by atoms with E-state index >= 15 is 0 Å². The zero-order valence-electron chi connectivity index (χ0n) is 12.9. The highest BCUT2D eigenvalue weighted by Gasteiger charge is 2.11. The fraction of sp³-hybridized carbons (Fsp3) is 0.0526. The molecule has 0 amide bonds. The number of carbonyl (C=O) groups is 1. The van der Waals surface area contributed by atoms with Crippen LogP contribution in [-0.2, 0) is 0 Å². The summed E-state index contributed by atoms with van der Waals surface area (Å²) in [7, 11) is 1.88. The molecule has 0 aliphatic carbocycles. The first-order valence-corrected chi connectivity index (χ1v) is 7.68. The molecule has 0 aliphatic heterocycles. The third-order valence-corrected chi connectivity index (χ3v) is 3.93. The van der Waals surface area contributed by atoms with Crippen molar-refractivity contribution in [2.45, 2.75) is 0 Å². The molecule has 3 nitrogen and oxygen atoms in total. The molecular weight excluding hydrogens is 327 g/mol. The first-order chi connectivity index (χ1) is 11.5. The Balaban J connectivity index is 1.81. The molecule has 0 atom stereocenters. The molecule has 120 valence electrons. The third kappa shape index (κ3) is 3.44. The molecule has 0 N–H and O–H groups in total. The zero-order valence-corrected chi connectivity index (χ0v) is 13.7. The van der Waals surface area contributed by atoms with Crippen LogP contribution in [0, 0.1) is 5.82 Å². The molecule has 0 aliphatic rings. The topological polar surface area (TPSA) is 33.2 Å². The largest absolute Gasteiger partial charge is 0.329 e. The summed E-state index contributed by atoms with van der Waals surface area (Å²) < 4.78 is 12.9. The molecule has 0 fully saturated rings. The van der Waals surface area contributed by atoms with E-state index in [0.29, 0.717) is 22.0 Å². The van der Waals surface area contributed by atoms with Gasteiger partial charge in [-0.2, -0.15) is 0 Å². The van der Waals surface area contributed by atoms with Gasteiger partial charge in [0.25, 0.3) is 0 Å². The molecule has 0 saturated heterocycles. The Morgan fingerprint density at radius 3 is 2.17 bits per heavy atom. The van der Waals surface area contributed by atoms with Gasteiger partial charge in [-0.15, -0.1) is 0 Å². The van der Waals surface area contributed by atoms with Gasteiger partial charge in [-0.25, -0.2) is 9.37 Å². The summed E-state index contributed by atoms with van der Waals surface area (Å²) in [6, 6.07) is 16.3. The number of ketones is 1. The van der Waals surface area contributed by atoms with Gasteiger partial charge in [0.1, 0.15) is 11.6 Å². The number of benzene rings is 2. The van der Waals surface area contributed by atoms with E-state index in [4.69, 9.17) is 11.6 Å². The average Bonchev–Trinajstić information content (AvgIpc) is 2.62. The molecule has 0 radical (unpaired) electrons. The maximum atomic E-state index is 12.9. The molecule has 3 aromatic rings. The minimum Gasteiger partial charge on any atom is -0.329 e. The molecule has 24 heavy (non-hydrogen) atoms. The number of aromatic nitrogens is 1. The van der Waals surface area contributed by atoms with Crippen LogP contribution < -0.4 is 4.90 Å². The van der Waals surface area contributed by atoms with E-state index < -0.39 is 0 Å². The highest BCUT2D eigenvalue weighted by atomic mass is 35.5. The minimum absolute atomic E-state index is 0.191. The lowest BCUT2D eigenvalue weighted by Crippen LogP contribution is -2.11. The number of nitrogens with zero attached hydrogens (tertiary/aromatic N) is 2. The Bertz CT molecular complexity index is 846. The van der Waals surface area contributed by atoms with Crippen molar-refractivity contribution in [3.05, 3.63) is 88.8 Å². The summed E-state index contributed by atoms with van der Waals surface area (Å²) in [5, 5.41) is 0.667. The molecular formula is C19H14ClFN2O. The SMILES string of the molecule is CN(c1ccc(Cl)cc1)c1ccc(C(=O)c2ccc(F)cc2)cn1. The van der Waals surface area contributed by atoms with Gasteiger partial charge in [0.05, 0.1) is 0 Å². The van der Waals surface area contributed by atoms with E-state index in [-0.39, 0.29) is 11.6 Å². The van der Waals surface area contributed by atoms with Gasteiger partial charge in [-0.05, 0) is 60.7 Å². The van der Waals surface area contributed by atoms with Crippen LogP contribution in [0.15, 0.2) is 66.9 Å². The first kappa shape index (κ1) is 16.1. The van der Waals surface area contributed by atoms with Gasteiger partial charge in [0, 0.05) is 35.1 Å². The smallest absolute Gasteiger partial charge is 0.194 e. The third-order valence-electron chi connectivity index (χ3n) is 3.67. The number of anilines is 2. The van der Waals surface area contributed by atoms with Crippen molar-refractivity contribution in [3.63, 3.8) is 0 Å². The predicted molar refractivity (Wildman–Crippen MR) is 93.6 cm³/mol. The van der Waals surface area contributed by atoms with Crippen molar-refractivity contribution in [2.75, 3.05) is 11.9 Å². The van der Waals surface area contributed by atoms with Crippen molar-refractivity contribution < 1.29 is 9.18 Å². The van der Waals surface area contributed by atoms with Crippen molar-refractivity contribution in [1.82, 2.24) is 4.98 Å². The van der Waals surface area contributed by atoms with Gasteiger partial charge < -0.3 is 4.90 Å². The molecule has 2 aromatic carbocycles. The van der Waals surface area contributed by atoms with Gasteiger partial charge >= 0.3 is 0 Å². The summed E-state index contributed by atoms with van der Waals surface area (Å²) in [4.78, 5) is 18.6. The summed E-state index contributed by atoms with van der Waals surface area (Å²) in [6.07, 6.45) is 1.52. The average molecular weight is 341 g/mol. The Morgan fingerprint density at radius 1 is 0.958 bits per heavy atom. The van der Waals surface area contributed by atoms with Crippen LogP contribution in [0.3, 0.4) is 0 Å². The molecule has 0 bridgehead atoms. The Kier molecular flexibility index (Phi) is 4.58. The lowest BCUT2D eigenvalue weighted by molar-refractivity contribution is 0.103. The van der Waals surface area contributed by atoms with Crippen molar-refractivity contribution in [1.29, 1.82) is 0 Å². The highest BCUT2D eigenvalue weighted by molar-refractivity contribution is 6.30. The Labute approximate surface area is 144 Å². The van der Waals surface area contributed by atoms with Gasteiger partial charge in [-0.1, -0.05) is 11.6 Å². The van der Waals surface area contributed by atoms with Crippen molar-refractivity contribution in [3.8, 4) is 0 Å². The second kappa shape index (κ2) is 6.81. The van der Waals surface area contributed by atoms with E-state index in [1.54, 1.807) is 24.3 Å². The fourth-order valence-electron chi connectivity index (χ4n) is 2.28. The zero-order chi connectivity index (χ0) is 17.1. The lowest BCUT2D eigenvalue weighted by atomic mass is 10.1. The summed E-state index contributed by atoms with van der Waals surface area (Å²) in [5.41, 5.74) is 1.82. The molecule has 5 heteroatoms. The Morgan fingerprint density at radius 2 is 1.58 bits per heavy atom. The van der Waals surface area contributed by atoms with Gasteiger partial charge in [0.2, 0.25) is 0 Å². The van der Waals surface area contributed by atoms with Crippen LogP contribution in [-0.4, -0.2) is 17.8 Å². The number of hydrogen-bond donors (Lipinski definition) is 0. The second-order valence-electron chi connectivity index (χ2n) is 5.28. The number of pyridine rings is 1. The molecule has 3 rings (SSSR count). The number of halogens is 2. The summed E-state index contributed by atoms with van der Waals surface area (Å²) >= 11 is 5.89. The monoisotopic (exact) mass is 340 g/mol. The summed E-state index contributed by atoms with van der Waals surface area (Å²) in [5.74, 6) is 0.140. The van der Waals surface area contributed by atoms with Crippen LogP contribution in [0.5, 0.6) is 0 Å². The maximum absolute atomic E-state index is 12.9. The second-order valence-corrected chi connectivity index (χ2v) is 5.71. The predicted octanol–water partition coefficient (Wildman–Crippen LogP) is 4.87. The normalized spacial score (nSPS) is 10.5. The van der Waals surface area contributed by atoms with Crippen molar-refractivity contribution in [2.24, 2.45) is 0 Å². The van der Waals surface area contributed by atoms with E-state index in [1.165, 1.54) is 30.5 Å². The Hall–Kier alpha value is -2.72. The van der Waals surface area contributed by atoms with Crippen LogP contribution in [0.4, 0.5) is 15.9 Å². The molecule has 0 spiro atoms. The van der Waals surface area contributed by atoms with Crippen LogP contribution in [0.25, 0.3) is 0 Å². The first-order valence-electron chi connectivity index (χ1n) is 7.30. The summed E-state index contributed by atoms with van der Waals surface area (Å²) in [6.45, 7) is 0. The lowest BCUT2D eigenvalue weighted by Gasteiger charge is -2.18. The van der Waals surface area contributed by atoms with Crippen molar-refractivity contribution >= 4 is 28.9 Å². The maximum Gasteiger partial charge on any atom is 0.194 e. The standard InChI is InChI=1S/C19H14ClFN2O/c1-23(17-9-5-15(20)6-10-17)18-11-4-14(12-22-18)19(24)13-2-7-16(21)8-3-13/h2-12H,1H3. The number of carbonyl (C=O) groups excluding carboxylic acids is 1. The molecule has 1 heterocycles.